The third kappa shape index (κ3) is 3.45. The molecule has 100 valence electrons. The Morgan fingerprint density at radius 2 is 2.33 bits per heavy atom. The summed E-state index contributed by atoms with van der Waals surface area (Å²) in [5, 5.41) is 0. The van der Waals surface area contributed by atoms with Gasteiger partial charge < -0.3 is 4.42 Å². The van der Waals surface area contributed by atoms with E-state index in [0.717, 1.165) is 44.7 Å². The molecule has 0 aliphatic heterocycles. The molecule has 0 saturated heterocycles. The topological polar surface area (TPSA) is 33.5 Å². The summed E-state index contributed by atoms with van der Waals surface area (Å²) in [5.41, 5.74) is 0. The molecule has 0 aromatic carbocycles. The second-order valence-corrected chi connectivity index (χ2v) is 5.45. The van der Waals surface area contributed by atoms with Crippen LogP contribution in [0.2, 0.25) is 0 Å². The van der Waals surface area contributed by atoms with Crippen LogP contribution in [0.15, 0.2) is 22.8 Å². The summed E-state index contributed by atoms with van der Waals surface area (Å²) in [6, 6.07) is 3.91. The number of rotatable bonds is 5. The summed E-state index contributed by atoms with van der Waals surface area (Å²) in [6.07, 6.45) is 4.59. The van der Waals surface area contributed by atoms with Crippen LogP contribution in [0.25, 0.3) is 0 Å². The van der Waals surface area contributed by atoms with E-state index in [1.54, 1.807) is 6.26 Å². The van der Waals surface area contributed by atoms with Crippen LogP contribution in [0.5, 0.6) is 0 Å². The van der Waals surface area contributed by atoms with Crippen molar-refractivity contribution in [3.63, 3.8) is 0 Å². The van der Waals surface area contributed by atoms with Crippen molar-refractivity contribution in [2.75, 3.05) is 13.1 Å². The maximum atomic E-state index is 11.9. The fourth-order valence-electron chi connectivity index (χ4n) is 2.74. The minimum atomic E-state index is 0.226. The molecule has 1 saturated carbocycles. The second kappa shape index (κ2) is 6.19. The van der Waals surface area contributed by atoms with E-state index in [2.05, 4.69) is 18.7 Å². The highest BCUT2D eigenvalue weighted by Gasteiger charge is 2.27. The molecule has 2 atom stereocenters. The molecule has 1 aliphatic rings. The smallest absolute Gasteiger partial charge is 0.137 e. The van der Waals surface area contributed by atoms with E-state index in [0.29, 0.717) is 11.7 Å². The van der Waals surface area contributed by atoms with Crippen LogP contribution >= 0.6 is 0 Å². The van der Waals surface area contributed by atoms with Gasteiger partial charge in [0.1, 0.15) is 11.5 Å². The molecule has 1 heterocycles. The first-order valence-corrected chi connectivity index (χ1v) is 6.96. The molecule has 2 rings (SSSR count). The molecule has 3 nitrogen and oxygen atoms in total. The van der Waals surface area contributed by atoms with Crippen molar-refractivity contribution in [3.8, 4) is 0 Å². The number of furan rings is 1. The van der Waals surface area contributed by atoms with Crippen molar-refractivity contribution >= 4 is 5.78 Å². The van der Waals surface area contributed by atoms with Gasteiger partial charge in [-0.2, -0.15) is 0 Å². The normalized spacial score (nSPS) is 24.7. The minimum absolute atomic E-state index is 0.226. The van der Waals surface area contributed by atoms with Crippen molar-refractivity contribution in [1.82, 2.24) is 4.90 Å². The summed E-state index contributed by atoms with van der Waals surface area (Å²) >= 11 is 0. The van der Waals surface area contributed by atoms with Crippen molar-refractivity contribution < 1.29 is 9.21 Å². The number of carbonyl (C=O) groups excluding carboxylic acids is 1. The van der Waals surface area contributed by atoms with Crippen molar-refractivity contribution in [2.24, 2.45) is 11.8 Å². The lowest BCUT2D eigenvalue weighted by Gasteiger charge is -2.30. The molecular weight excluding hydrogens is 226 g/mol. The van der Waals surface area contributed by atoms with Crippen LogP contribution in [0.1, 0.15) is 38.9 Å². The molecule has 18 heavy (non-hydrogen) atoms. The van der Waals surface area contributed by atoms with E-state index in [1.165, 1.54) is 0 Å². The third-order valence-corrected chi connectivity index (χ3v) is 3.91. The van der Waals surface area contributed by atoms with Gasteiger partial charge in [-0.25, -0.2) is 0 Å². The maximum Gasteiger partial charge on any atom is 0.137 e. The lowest BCUT2D eigenvalue weighted by molar-refractivity contribution is -0.126. The first-order chi connectivity index (χ1) is 8.69. The standard InChI is InChI=1S/C15H23NO2/c1-3-16(11-14-5-4-8-18-14)10-13-9-12(2)6-7-15(13)17/h4-5,8,12-13H,3,6-7,9-11H2,1-2H3. The van der Waals surface area contributed by atoms with Gasteiger partial charge in [0.05, 0.1) is 12.8 Å². The van der Waals surface area contributed by atoms with Gasteiger partial charge in [0.2, 0.25) is 0 Å². The highest BCUT2D eigenvalue weighted by molar-refractivity contribution is 5.81. The number of ketones is 1. The van der Waals surface area contributed by atoms with Crippen LogP contribution in [-0.4, -0.2) is 23.8 Å². The van der Waals surface area contributed by atoms with Gasteiger partial charge >= 0.3 is 0 Å². The summed E-state index contributed by atoms with van der Waals surface area (Å²) in [5.74, 6) is 2.35. The van der Waals surface area contributed by atoms with Gasteiger partial charge in [0.25, 0.3) is 0 Å². The van der Waals surface area contributed by atoms with E-state index in [-0.39, 0.29) is 5.92 Å². The van der Waals surface area contributed by atoms with E-state index >= 15 is 0 Å². The van der Waals surface area contributed by atoms with Gasteiger partial charge in [-0.05, 0) is 37.4 Å². The van der Waals surface area contributed by atoms with Crippen molar-refractivity contribution in [1.29, 1.82) is 0 Å². The number of carbonyl (C=O) groups is 1. The predicted molar refractivity (Wildman–Crippen MR) is 71.2 cm³/mol. The van der Waals surface area contributed by atoms with Gasteiger partial charge in [0.15, 0.2) is 0 Å². The van der Waals surface area contributed by atoms with Crippen LogP contribution in [0.3, 0.4) is 0 Å². The zero-order valence-corrected chi connectivity index (χ0v) is 11.4. The third-order valence-electron chi connectivity index (χ3n) is 3.91. The molecule has 0 N–H and O–H groups in total. The average molecular weight is 249 g/mol. The van der Waals surface area contributed by atoms with Crippen LogP contribution < -0.4 is 0 Å². The van der Waals surface area contributed by atoms with E-state index in [4.69, 9.17) is 4.42 Å². The Labute approximate surface area is 109 Å². The Balaban J connectivity index is 1.90. The van der Waals surface area contributed by atoms with Crippen LogP contribution in [0, 0.1) is 11.8 Å². The van der Waals surface area contributed by atoms with E-state index in [1.807, 2.05) is 12.1 Å². The highest BCUT2D eigenvalue weighted by atomic mass is 16.3. The summed E-state index contributed by atoms with van der Waals surface area (Å²) in [6.45, 7) is 7.03. The molecule has 3 heteroatoms. The number of Topliss-reactive ketones (excluding diaryl/α,β-unsaturated/α-hetero) is 1. The summed E-state index contributed by atoms with van der Waals surface area (Å²) < 4.78 is 5.38. The minimum Gasteiger partial charge on any atom is -0.468 e. The van der Waals surface area contributed by atoms with Gasteiger partial charge in [-0.15, -0.1) is 0 Å². The molecule has 1 aromatic rings. The van der Waals surface area contributed by atoms with Crippen LogP contribution in [0.4, 0.5) is 0 Å². The number of hydrogen-bond donors (Lipinski definition) is 0. The first-order valence-electron chi connectivity index (χ1n) is 6.96. The number of hydrogen-bond acceptors (Lipinski definition) is 3. The van der Waals surface area contributed by atoms with Gasteiger partial charge in [-0.1, -0.05) is 13.8 Å². The zero-order chi connectivity index (χ0) is 13.0. The lowest BCUT2D eigenvalue weighted by atomic mass is 9.81. The predicted octanol–water partition coefficient (Wildman–Crippen LogP) is 3.11. The Bertz CT molecular complexity index is 372. The molecule has 0 amide bonds. The average Bonchev–Trinajstić information content (AvgIpc) is 2.85. The molecule has 1 aliphatic carbocycles. The fourth-order valence-corrected chi connectivity index (χ4v) is 2.74. The Hall–Kier alpha value is -1.09. The first kappa shape index (κ1) is 13.3. The Kier molecular flexibility index (Phi) is 4.59. The molecule has 2 unspecified atom stereocenters. The molecule has 1 aromatic heterocycles. The SMILES string of the molecule is CCN(Cc1ccco1)CC1CC(C)CCC1=O. The second-order valence-electron chi connectivity index (χ2n) is 5.45. The van der Waals surface area contributed by atoms with Crippen LogP contribution in [-0.2, 0) is 11.3 Å². The van der Waals surface area contributed by atoms with E-state index < -0.39 is 0 Å². The molecule has 0 radical (unpaired) electrons. The van der Waals surface area contributed by atoms with Gasteiger partial charge in [-0.3, -0.25) is 9.69 Å². The largest absolute Gasteiger partial charge is 0.468 e. The fraction of sp³-hybridized carbons (Fsp3) is 0.667. The molecule has 1 fully saturated rings. The molecular formula is C15H23NO2. The molecule has 0 bridgehead atoms. The van der Waals surface area contributed by atoms with E-state index in [9.17, 15) is 4.79 Å². The Morgan fingerprint density at radius 1 is 1.50 bits per heavy atom. The van der Waals surface area contributed by atoms with Crippen molar-refractivity contribution in [2.45, 2.75) is 39.7 Å². The lowest BCUT2D eigenvalue weighted by Crippen LogP contribution is -2.35. The zero-order valence-electron chi connectivity index (χ0n) is 11.4. The highest BCUT2D eigenvalue weighted by Crippen LogP contribution is 2.27. The Morgan fingerprint density at radius 3 is 3.00 bits per heavy atom. The molecule has 0 spiro atoms. The monoisotopic (exact) mass is 249 g/mol. The quantitative estimate of drug-likeness (QED) is 0.804. The maximum absolute atomic E-state index is 11.9. The summed E-state index contributed by atoms with van der Waals surface area (Å²) in [7, 11) is 0. The summed E-state index contributed by atoms with van der Waals surface area (Å²) in [4.78, 5) is 14.2. The van der Waals surface area contributed by atoms with Gasteiger partial charge in [0, 0.05) is 18.9 Å². The number of nitrogens with zero attached hydrogens (tertiary/aromatic N) is 1. The van der Waals surface area contributed by atoms with Crippen molar-refractivity contribution in [3.05, 3.63) is 24.2 Å².